The van der Waals surface area contributed by atoms with Crippen LogP contribution in [0.3, 0.4) is 0 Å². The zero-order chi connectivity index (χ0) is 13.0. The van der Waals surface area contributed by atoms with Gasteiger partial charge in [-0.25, -0.2) is 0 Å². The molecule has 0 bridgehead atoms. The van der Waals surface area contributed by atoms with E-state index in [9.17, 15) is 0 Å². The van der Waals surface area contributed by atoms with Crippen molar-refractivity contribution in [3.8, 4) is 0 Å². The first-order valence-corrected chi connectivity index (χ1v) is 8.19. The van der Waals surface area contributed by atoms with Crippen molar-refractivity contribution in [3.63, 3.8) is 0 Å². The van der Waals surface area contributed by atoms with Crippen molar-refractivity contribution in [2.45, 2.75) is 52.1 Å². The average Bonchev–Trinajstić information content (AvgIpc) is 2.86. The fourth-order valence-corrected chi connectivity index (χ4v) is 3.53. The normalized spacial score (nSPS) is 16.7. The Hall–Kier alpha value is -0.340. The second-order valence-corrected chi connectivity index (χ2v) is 6.26. The summed E-state index contributed by atoms with van der Waals surface area (Å²) in [6.07, 6.45) is 5.60. The lowest BCUT2D eigenvalue weighted by Gasteiger charge is -2.29. The number of hydrogen-bond donors (Lipinski definition) is 0. The first kappa shape index (κ1) is 14.1. The minimum absolute atomic E-state index is 0.807. The molecule has 1 fully saturated rings. The van der Waals surface area contributed by atoms with Crippen molar-refractivity contribution in [3.05, 3.63) is 34.9 Å². The van der Waals surface area contributed by atoms with E-state index in [1.165, 1.54) is 48.9 Å². The number of hydrogen-bond acceptors (Lipinski definition) is 1. The third-order valence-corrected chi connectivity index (χ3v) is 4.57. The molecule has 0 aliphatic heterocycles. The van der Waals surface area contributed by atoms with Crippen molar-refractivity contribution < 1.29 is 0 Å². The van der Waals surface area contributed by atoms with Crippen molar-refractivity contribution >= 4 is 15.9 Å². The highest BCUT2D eigenvalue weighted by atomic mass is 79.9. The van der Waals surface area contributed by atoms with Crippen molar-refractivity contribution in [1.82, 2.24) is 4.90 Å². The van der Waals surface area contributed by atoms with Crippen LogP contribution in [0.2, 0.25) is 0 Å². The molecule has 1 saturated carbocycles. The van der Waals surface area contributed by atoms with Gasteiger partial charge in [-0.3, -0.25) is 4.90 Å². The number of rotatable bonds is 5. The van der Waals surface area contributed by atoms with Crippen LogP contribution in [0.25, 0.3) is 0 Å². The van der Waals surface area contributed by atoms with Crippen LogP contribution in [0, 0.1) is 13.8 Å². The second-order valence-electron chi connectivity index (χ2n) is 5.47. The highest BCUT2D eigenvalue weighted by molar-refractivity contribution is 9.09. The largest absolute Gasteiger partial charge is 0.295 e. The Morgan fingerprint density at radius 1 is 1.17 bits per heavy atom. The fraction of sp³-hybridized carbons (Fsp3) is 0.625. The molecule has 0 atom stereocenters. The van der Waals surface area contributed by atoms with E-state index in [0.717, 1.165) is 17.9 Å². The van der Waals surface area contributed by atoms with Crippen LogP contribution in [-0.4, -0.2) is 22.8 Å². The molecule has 0 radical (unpaired) electrons. The van der Waals surface area contributed by atoms with Gasteiger partial charge in [-0.1, -0.05) is 47.0 Å². The molecule has 1 nitrogen and oxygen atoms in total. The molecular weight excluding hydrogens is 286 g/mol. The Balaban J connectivity index is 2.12. The summed E-state index contributed by atoms with van der Waals surface area (Å²) in [6.45, 7) is 6.76. The van der Waals surface area contributed by atoms with Crippen LogP contribution in [0.4, 0.5) is 0 Å². The molecule has 0 saturated heterocycles. The SMILES string of the molecule is Cc1cccc(C)c1CN(CCBr)C1CCCC1. The molecule has 1 aromatic rings. The minimum atomic E-state index is 0.807. The van der Waals surface area contributed by atoms with E-state index in [1.807, 2.05) is 0 Å². The van der Waals surface area contributed by atoms with Crippen LogP contribution < -0.4 is 0 Å². The molecule has 0 amide bonds. The molecule has 100 valence electrons. The van der Waals surface area contributed by atoms with Gasteiger partial charge in [-0.2, -0.15) is 0 Å². The molecule has 0 unspecified atom stereocenters. The number of benzene rings is 1. The first-order valence-electron chi connectivity index (χ1n) is 7.07. The van der Waals surface area contributed by atoms with E-state index < -0.39 is 0 Å². The number of alkyl halides is 1. The van der Waals surface area contributed by atoms with Crippen LogP contribution in [-0.2, 0) is 6.54 Å². The molecular formula is C16H24BrN. The van der Waals surface area contributed by atoms with E-state index in [4.69, 9.17) is 0 Å². The van der Waals surface area contributed by atoms with Crippen molar-refractivity contribution in [2.75, 3.05) is 11.9 Å². The van der Waals surface area contributed by atoms with E-state index in [1.54, 1.807) is 0 Å². The van der Waals surface area contributed by atoms with Gasteiger partial charge in [0, 0.05) is 24.5 Å². The Labute approximate surface area is 120 Å². The van der Waals surface area contributed by atoms with Gasteiger partial charge < -0.3 is 0 Å². The summed E-state index contributed by atoms with van der Waals surface area (Å²) in [5.74, 6) is 0. The van der Waals surface area contributed by atoms with Crippen LogP contribution in [0.15, 0.2) is 18.2 Å². The van der Waals surface area contributed by atoms with Gasteiger partial charge in [-0.15, -0.1) is 0 Å². The predicted octanol–water partition coefficient (Wildman–Crippen LogP) is 4.44. The molecule has 18 heavy (non-hydrogen) atoms. The molecule has 2 rings (SSSR count). The summed E-state index contributed by atoms with van der Waals surface area (Å²) < 4.78 is 0. The lowest BCUT2D eigenvalue weighted by molar-refractivity contribution is 0.202. The predicted molar refractivity (Wildman–Crippen MR) is 82.4 cm³/mol. The number of aryl methyl sites for hydroxylation is 2. The van der Waals surface area contributed by atoms with Crippen molar-refractivity contribution in [2.24, 2.45) is 0 Å². The Morgan fingerprint density at radius 3 is 2.33 bits per heavy atom. The molecule has 0 spiro atoms. The van der Waals surface area contributed by atoms with Gasteiger partial charge >= 0.3 is 0 Å². The summed E-state index contributed by atoms with van der Waals surface area (Å²) in [5.41, 5.74) is 4.41. The maximum atomic E-state index is 3.61. The summed E-state index contributed by atoms with van der Waals surface area (Å²) in [4.78, 5) is 2.68. The molecule has 1 aromatic carbocycles. The molecule has 0 heterocycles. The highest BCUT2D eigenvalue weighted by Gasteiger charge is 2.22. The first-order chi connectivity index (χ1) is 8.72. The van der Waals surface area contributed by atoms with Crippen molar-refractivity contribution in [1.29, 1.82) is 0 Å². The Kier molecular flexibility index (Phi) is 5.25. The van der Waals surface area contributed by atoms with Gasteiger partial charge in [-0.05, 0) is 43.4 Å². The van der Waals surface area contributed by atoms with E-state index >= 15 is 0 Å². The second kappa shape index (κ2) is 6.72. The van der Waals surface area contributed by atoms with E-state index in [-0.39, 0.29) is 0 Å². The fourth-order valence-electron chi connectivity index (χ4n) is 3.07. The number of halogens is 1. The van der Waals surface area contributed by atoms with E-state index in [0.29, 0.717) is 0 Å². The summed E-state index contributed by atoms with van der Waals surface area (Å²) in [5, 5.41) is 1.08. The van der Waals surface area contributed by atoms with Crippen LogP contribution in [0.5, 0.6) is 0 Å². The molecule has 1 aliphatic carbocycles. The monoisotopic (exact) mass is 309 g/mol. The highest BCUT2D eigenvalue weighted by Crippen LogP contribution is 2.26. The van der Waals surface area contributed by atoms with Gasteiger partial charge in [0.2, 0.25) is 0 Å². The molecule has 0 N–H and O–H groups in total. The van der Waals surface area contributed by atoms with Gasteiger partial charge in [0.1, 0.15) is 0 Å². The van der Waals surface area contributed by atoms with E-state index in [2.05, 4.69) is 52.9 Å². The topological polar surface area (TPSA) is 3.24 Å². The maximum Gasteiger partial charge on any atom is 0.0242 e. The Bertz CT molecular complexity index is 362. The third kappa shape index (κ3) is 3.36. The lowest BCUT2D eigenvalue weighted by atomic mass is 10.0. The van der Waals surface area contributed by atoms with Gasteiger partial charge in [0.15, 0.2) is 0 Å². The lowest BCUT2D eigenvalue weighted by Crippen LogP contribution is -2.34. The number of nitrogens with zero attached hydrogens (tertiary/aromatic N) is 1. The summed E-state index contributed by atoms with van der Waals surface area (Å²) in [7, 11) is 0. The minimum Gasteiger partial charge on any atom is -0.295 e. The third-order valence-electron chi connectivity index (χ3n) is 4.22. The molecule has 0 aromatic heterocycles. The van der Waals surface area contributed by atoms with Gasteiger partial charge in [0.25, 0.3) is 0 Å². The average molecular weight is 310 g/mol. The summed E-state index contributed by atoms with van der Waals surface area (Å²) in [6, 6.07) is 7.45. The zero-order valence-electron chi connectivity index (χ0n) is 11.6. The summed E-state index contributed by atoms with van der Waals surface area (Å²) >= 11 is 3.61. The quantitative estimate of drug-likeness (QED) is 0.727. The Morgan fingerprint density at radius 2 is 1.78 bits per heavy atom. The van der Waals surface area contributed by atoms with Gasteiger partial charge in [0.05, 0.1) is 0 Å². The van der Waals surface area contributed by atoms with Crippen LogP contribution >= 0.6 is 15.9 Å². The van der Waals surface area contributed by atoms with Crippen LogP contribution in [0.1, 0.15) is 42.4 Å². The molecule has 1 aliphatic rings. The standard InChI is InChI=1S/C16H24BrN/c1-13-6-5-7-14(2)16(13)12-18(11-10-17)15-8-3-4-9-15/h5-7,15H,3-4,8-12H2,1-2H3. The zero-order valence-corrected chi connectivity index (χ0v) is 13.2. The maximum absolute atomic E-state index is 3.61. The molecule has 2 heteroatoms. The smallest absolute Gasteiger partial charge is 0.0242 e.